The van der Waals surface area contributed by atoms with Gasteiger partial charge in [0.1, 0.15) is 4.88 Å². The number of carbonyl (C=O) groups excluding carboxylic acids is 2. The Labute approximate surface area is 128 Å². The highest BCUT2D eigenvalue weighted by Gasteiger charge is 2.18. The van der Waals surface area contributed by atoms with Crippen LogP contribution in [0.1, 0.15) is 19.3 Å². The fraction of sp³-hybridized carbons (Fsp3) is 0.154. The molecular weight excluding hydrogens is 312 g/mol. The topological polar surface area (TPSA) is 86.7 Å². The lowest BCUT2D eigenvalue weighted by Crippen LogP contribution is -2.34. The third kappa shape index (κ3) is 3.67. The Hall–Kier alpha value is -2.19. The Morgan fingerprint density at radius 2 is 2.00 bits per heavy atom. The van der Waals surface area contributed by atoms with E-state index in [1.54, 1.807) is 22.9 Å². The molecule has 0 atom stereocenters. The van der Waals surface area contributed by atoms with Gasteiger partial charge in [-0.2, -0.15) is 0 Å². The Morgan fingerprint density at radius 3 is 2.62 bits per heavy atom. The van der Waals surface area contributed by atoms with Crippen molar-refractivity contribution in [2.24, 2.45) is 0 Å². The maximum Gasteiger partial charge on any atom is 0.348 e. The molecule has 0 saturated carbocycles. The lowest BCUT2D eigenvalue weighted by atomic mass is 10.3. The molecule has 0 unspecified atom stereocenters. The predicted octanol–water partition coefficient (Wildman–Crippen LogP) is 2.22. The highest BCUT2D eigenvalue weighted by atomic mass is 32.1. The standard InChI is InChI=1S/C13H12N2O4S2/c1-15(12(17)9-3-2-5-20-9)7-10(16)14-8-4-6-21-11(8)13(18)19/h2-6H,7H2,1H3,(H,14,16)(H,18,19). The SMILES string of the molecule is CN(CC(=O)Nc1ccsc1C(=O)O)C(=O)c1cccs1. The van der Waals surface area contributed by atoms with Gasteiger partial charge in [-0.1, -0.05) is 6.07 Å². The second-order valence-electron chi connectivity index (χ2n) is 4.16. The van der Waals surface area contributed by atoms with Crippen LogP contribution in [0.4, 0.5) is 5.69 Å². The normalized spacial score (nSPS) is 10.1. The summed E-state index contributed by atoms with van der Waals surface area (Å²) in [6, 6.07) is 4.96. The van der Waals surface area contributed by atoms with Crippen molar-refractivity contribution in [2.45, 2.75) is 0 Å². The van der Waals surface area contributed by atoms with Crippen molar-refractivity contribution < 1.29 is 19.5 Å². The first-order chi connectivity index (χ1) is 9.99. The minimum atomic E-state index is -1.09. The van der Waals surface area contributed by atoms with Gasteiger partial charge in [0.2, 0.25) is 5.91 Å². The molecule has 0 aliphatic carbocycles. The average molecular weight is 324 g/mol. The van der Waals surface area contributed by atoms with E-state index < -0.39 is 11.9 Å². The number of amides is 2. The van der Waals surface area contributed by atoms with Gasteiger partial charge in [-0.3, -0.25) is 9.59 Å². The molecule has 0 saturated heterocycles. The van der Waals surface area contributed by atoms with Crippen LogP contribution in [0, 0.1) is 0 Å². The third-order valence-electron chi connectivity index (χ3n) is 2.59. The van der Waals surface area contributed by atoms with Crippen molar-refractivity contribution in [3.8, 4) is 0 Å². The number of hydrogen-bond donors (Lipinski definition) is 2. The summed E-state index contributed by atoms with van der Waals surface area (Å²) in [5.41, 5.74) is 0.245. The molecule has 0 aliphatic heterocycles. The van der Waals surface area contributed by atoms with Crippen molar-refractivity contribution >= 4 is 46.1 Å². The number of aromatic carboxylic acids is 1. The van der Waals surface area contributed by atoms with Crippen LogP contribution in [0.2, 0.25) is 0 Å². The van der Waals surface area contributed by atoms with Crippen LogP contribution in [-0.4, -0.2) is 41.4 Å². The van der Waals surface area contributed by atoms with E-state index in [9.17, 15) is 14.4 Å². The van der Waals surface area contributed by atoms with E-state index in [1.165, 1.54) is 29.4 Å². The summed E-state index contributed by atoms with van der Waals surface area (Å²) in [5, 5.41) is 14.8. The van der Waals surface area contributed by atoms with E-state index in [0.29, 0.717) is 4.88 Å². The Bertz CT molecular complexity index is 664. The molecule has 6 nitrogen and oxygen atoms in total. The van der Waals surface area contributed by atoms with E-state index in [4.69, 9.17) is 5.11 Å². The zero-order valence-electron chi connectivity index (χ0n) is 11.0. The van der Waals surface area contributed by atoms with Gasteiger partial charge in [-0.15, -0.1) is 22.7 Å². The number of carbonyl (C=O) groups is 3. The first kappa shape index (κ1) is 15.2. The van der Waals surface area contributed by atoms with Crippen molar-refractivity contribution in [3.05, 3.63) is 38.7 Å². The van der Waals surface area contributed by atoms with E-state index in [-0.39, 0.29) is 23.0 Å². The first-order valence-corrected chi connectivity index (χ1v) is 7.64. The van der Waals surface area contributed by atoms with Crippen molar-refractivity contribution in [1.29, 1.82) is 0 Å². The van der Waals surface area contributed by atoms with E-state index in [1.807, 2.05) is 0 Å². The number of anilines is 1. The molecule has 0 radical (unpaired) electrons. The molecule has 2 N–H and O–H groups in total. The van der Waals surface area contributed by atoms with Gasteiger partial charge in [0.15, 0.2) is 0 Å². The van der Waals surface area contributed by atoms with Crippen LogP contribution in [0.25, 0.3) is 0 Å². The first-order valence-electron chi connectivity index (χ1n) is 5.88. The largest absolute Gasteiger partial charge is 0.477 e. The molecule has 8 heteroatoms. The van der Waals surface area contributed by atoms with Crippen LogP contribution in [0.15, 0.2) is 29.0 Å². The Kier molecular flexibility index (Phi) is 4.71. The third-order valence-corrected chi connectivity index (χ3v) is 4.35. The number of thiophene rings is 2. The van der Waals surface area contributed by atoms with Gasteiger partial charge in [0, 0.05) is 7.05 Å². The van der Waals surface area contributed by atoms with Crippen LogP contribution >= 0.6 is 22.7 Å². The fourth-order valence-corrected chi connectivity index (χ4v) is 3.04. The minimum absolute atomic E-state index is 0.0654. The molecule has 2 aromatic heterocycles. The summed E-state index contributed by atoms with van der Waals surface area (Å²) in [5.74, 6) is -1.78. The van der Waals surface area contributed by atoms with Crippen LogP contribution in [0.3, 0.4) is 0 Å². The molecule has 0 aromatic carbocycles. The molecular formula is C13H12N2O4S2. The summed E-state index contributed by atoms with van der Waals surface area (Å²) in [7, 11) is 1.52. The minimum Gasteiger partial charge on any atom is -0.477 e. The van der Waals surface area contributed by atoms with Crippen molar-refractivity contribution in [1.82, 2.24) is 4.90 Å². The molecule has 110 valence electrons. The molecule has 2 rings (SSSR count). The molecule has 0 fully saturated rings. The number of carboxylic acids is 1. The number of rotatable bonds is 5. The van der Waals surface area contributed by atoms with Crippen LogP contribution in [0.5, 0.6) is 0 Å². The fourth-order valence-electron chi connectivity index (χ4n) is 1.64. The number of nitrogens with one attached hydrogen (secondary N) is 1. The van der Waals surface area contributed by atoms with Gasteiger partial charge in [0.05, 0.1) is 17.1 Å². The zero-order chi connectivity index (χ0) is 15.4. The van der Waals surface area contributed by atoms with E-state index >= 15 is 0 Å². The second-order valence-corrected chi connectivity index (χ2v) is 6.02. The molecule has 0 aliphatic rings. The van der Waals surface area contributed by atoms with E-state index in [2.05, 4.69) is 5.32 Å². The molecule has 2 aromatic rings. The summed E-state index contributed by atoms with van der Waals surface area (Å²) >= 11 is 2.33. The maximum atomic E-state index is 12.0. The highest BCUT2D eigenvalue weighted by molar-refractivity contribution is 7.12. The van der Waals surface area contributed by atoms with Gasteiger partial charge < -0.3 is 15.3 Å². The molecule has 0 spiro atoms. The molecule has 2 amide bonds. The summed E-state index contributed by atoms with van der Waals surface area (Å²) in [4.78, 5) is 36.7. The maximum absolute atomic E-state index is 12.0. The second kappa shape index (κ2) is 6.51. The molecule has 0 bridgehead atoms. The Balaban J connectivity index is 1.97. The average Bonchev–Trinajstić information content (AvgIpc) is 3.08. The quantitative estimate of drug-likeness (QED) is 0.883. The lowest BCUT2D eigenvalue weighted by Gasteiger charge is -2.15. The van der Waals surface area contributed by atoms with Gasteiger partial charge >= 0.3 is 5.97 Å². The van der Waals surface area contributed by atoms with Gasteiger partial charge in [-0.05, 0) is 22.9 Å². The van der Waals surface area contributed by atoms with Crippen LogP contribution < -0.4 is 5.32 Å². The van der Waals surface area contributed by atoms with Gasteiger partial charge in [0.25, 0.3) is 5.91 Å². The number of nitrogens with zero attached hydrogens (tertiary/aromatic N) is 1. The smallest absolute Gasteiger partial charge is 0.348 e. The number of hydrogen-bond acceptors (Lipinski definition) is 5. The lowest BCUT2D eigenvalue weighted by molar-refractivity contribution is -0.116. The van der Waals surface area contributed by atoms with Crippen molar-refractivity contribution in [2.75, 3.05) is 18.9 Å². The number of carboxylic acid groups (broad SMARTS) is 1. The number of likely N-dealkylation sites (N-methyl/N-ethyl adjacent to an activating group) is 1. The summed E-state index contributed by atoms with van der Waals surface area (Å²) < 4.78 is 0. The summed E-state index contributed by atoms with van der Waals surface area (Å²) in [6.45, 7) is -0.147. The predicted molar refractivity (Wildman–Crippen MR) is 81.2 cm³/mol. The van der Waals surface area contributed by atoms with Crippen LogP contribution in [-0.2, 0) is 4.79 Å². The molecule has 21 heavy (non-hydrogen) atoms. The Morgan fingerprint density at radius 1 is 1.24 bits per heavy atom. The van der Waals surface area contributed by atoms with E-state index in [0.717, 1.165) is 11.3 Å². The zero-order valence-corrected chi connectivity index (χ0v) is 12.7. The highest BCUT2D eigenvalue weighted by Crippen LogP contribution is 2.22. The monoisotopic (exact) mass is 324 g/mol. The molecule has 2 heterocycles. The van der Waals surface area contributed by atoms with Crippen molar-refractivity contribution in [3.63, 3.8) is 0 Å². The van der Waals surface area contributed by atoms with Gasteiger partial charge in [-0.25, -0.2) is 4.79 Å². The summed E-state index contributed by atoms with van der Waals surface area (Å²) in [6.07, 6.45) is 0.